The van der Waals surface area contributed by atoms with E-state index in [2.05, 4.69) is 35.3 Å². The summed E-state index contributed by atoms with van der Waals surface area (Å²) < 4.78 is 0. The van der Waals surface area contributed by atoms with E-state index in [1.54, 1.807) is 0 Å². The third kappa shape index (κ3) is 2.40. The van der Waals surface area contributed by atoms with Crippen molar-refractivity contribution < 1.29 is 5.11 Å². The molecule has 0 aliphatic carbocycles. The van der Waals surface area contributed by atoms with E-state index in [1.165, 1.54) is 16.5 Å². The minimum Gasteiger partial charge on any atom is -0.389 e. The molecule has 1 aromatic heterocycles. The van der Waals surface area contributed by atoms with Crippen molar-refractivity contribution in [3.05, 3.63) is 71.4 Å². The molecule has 1 unspecified atom stereocenters. The molecule has 2 nitrogen and oxygen atoms in total. The van der Waals surface area contributed by atoms with Crippen LogP contribution in [0.1, 0.15) is 29.7 Å². The maximum Gasteiger partial charge on any atom is 0.0764 e. The molecule has 0 amide bonds. The van der Waals surface area contributed by atoms with E-state index >= 15 is 0 Å². The molecule has 0 aliphatic heterocycles. The van der Waals surface area contributed by atoms with Crippen LogP contribution in [0.5, 0.6) is 0 Å². The van der Waals surface area contributed by atoms with Crippen LogP contribution in [0.25, 0.3) is 10.9 Å². The van der Waals surface area contributed by atoms with Gasteiger partial charge in [-0.3, -0.25) is 0 Å². The first kappa shape index (κ1) is 12.0. The minimum absolute atomic E-state index is 0.424. The monoisotopic (exact) mass is 251 g/mol. The minimum atomic E-state index is -0.424. The molecule has 1 heterocycles. The molecule has 0 fully saturated rings. The third-order valence-electron chi connectivity index (χ3n) is 3.52. The highest BCUT2D eigenvalue weighted by atomic mass is 16.3. The van der Waals surface area contributed by atoms with Crippen LogP contribution >= 0.6 is 0 Å². The van der Waals surface area contributed by atoms with Gasteiger partial charge < -0.3 is 10.1 Å². The standard InChI is InChI=1S/C17H17NO/c1-12(19)16-5-3-2-4-14(16)10-13-6-7-17-15(11-13)8-9-18-17/h2-9,11-12,18-19H,10H2,1H3. The van der Waals surface area contributed by atoms with Crippen LogP contribution in [0.2, 0.25) is 0 Å². The van der Waals surface area contributed by atoms with E-state index in [0.717, 1.165) is 17.5 Å². The van der Waals surface area contributed by atoms with Crippen molar-refractivity contribution in [1.82, 2.24) is 4.98 Å². The Morgan fingerprint density at radius 3 is 2.79 bits per heavy atom. The molecule has 0 aliphatic rings. The fourth-order valence-corrected chi connectivity index (χ4v) is 2.54. The number of H-pyrrole nitrogens is 1. The first-order valence-electron chi connectivity index (χ1n) is 6.56. The molecule has 0 spiro atoms. The Morgan fingerprint density at radius 2 is 1.95 bits per heavy atom. The highest BCUT2D eigenvalue weighted by Crippen LogP contribution is 2.22. The summed E-state index contributed by atoms with van der Waals surface area (Å²) in [6.45, 7) is 1.81. The molecule has 96 valence electrons. The molecule has 2 heteroatoms. The third-order valence-corrected chi connectivity index (χ3v) is 3.52. The number of hydrogen-bond donors (Lipinski definition) is 2. The highest BCUT2D eigenvalue weighted by Gasteiger charge is 2.08. The lowest BCUT2D eigenvalue weighted by atomic mass is 9.96. The Labute approximate surface area is 112 Å². The summed E-state index contributed by atoms with van der Waals surface area (Å²) in [4.78, 5) is 3.20. The van der Waals surface area contributed by atoms with Crippen LogP contribution in [0.3, 0.4) is 0 Å². The fraction of sp³-hybridized carbons (Fsp3) is 0.176. The van der Waals surface area contributed by atoms with Gasteiger partial charge >= 0.3 is 0 Å². The number of nitrogens with one attached hydrogen (secondary N) is 1. The Hall–Kier alpha value is -2.06. The van der Waals surface area contributed by atoms with E-state index in [9.17, 15) is 5.11 Å². The summed E-state index contributed by atoms with van der Waals surface area (Å²) in [5.41, 5.74) is 4.62. The van der Waals surface area contributed by atoms with E-state index < -0.39 is 6.10 Å². The van der Waals surface area contributed by atoms with Crippen LogP contribution in [-0.4, -0.2) is 10.1 Å². The lowest BCUT2D eigenvalue weighted by Gasteiger charge is -2.12. The summed E-state index contributed by atoms with van der Waals surface area (Å²) in [7, 11) is 0. The summed E-state index contributed by atoms with van der Waals surface area (Å²) in [6, 6.07) is 16.6. The largest absolute Gasteiger partial charge is 0.389 e. The van der Waals surface area contributed by atoms with Crippen LogP contribution in [0.15, 0.2) is 54.7 Å². The molecule has 1 atom stereocenters. The van der Waals surface area contributed by atoms with Gasteiger partial charge in [-0.2, -0.15) is 0 Å². The van der Waals surface area contributed by atoms with Gasteiger partial charge in [0.2, 0.25) is 0 Å². The molecule has 0 saturated carbocycles. The van der Waals surface area contributed by atoms with Crippen LogP contribution < -0.4 is 0 Å². The van der Waals surface area contributed by atoms with Crippen molar-refractivity contribution in [2.24, 2.45) is 0 Å². The Kier molecular flexibility index (Phi) is 3.10. The average molecular weight is 251 g/mol. The van der Waals surface area contributed by atoms with Crippen molar-refractivity contribution >= 4 is 10.9 Å². The second kappa shape index (κ2) is 4.90. The zero-order valence-electron chi connectivity index (χ0n) is 10.9. The Balaban J connectivity index is 1.96. The summed E-state index contributed by atoms with van der Waals surface area (Å²) in [5.74, 6) is 0. The lowest BCUT2D eigenvalue weighted by Crippen LogP contribution is -1.99. The van der Waals surface area contributed by atoms with Gasteiger partial charge in [0.1, 0.15) is 0 Å². The molecule has 19 heavy (non-hydrogen) atoms. The average Bonchev–Trinajstić information content (AvgIpc) is 2.86. The van der Waals surface area contributed by atoms with Gasteiger partial charge in [-0.15, -0.1) is 0 Å². The van der Waals surface area contributed by atoms with Gasteiger partial charge in [-0.05, 0) is 53.6 Å². The molecule has 0 bridgehead atoms. The highest BCUT2D eigenvalue weighted by molar-refractivity contribution is 5.80. The zero-order valence-corrected chi connectivity index (χ0v) is 10.9. The van der Waals surface area contributed by atoms with Gasteiger partial charge in [0.05, 0.1) is 6.10 Å². The van der Waals surface area contributed by atoms with Gasteiger partial charge in [0, 0.05) is 11.7 Å². The van der Waals surface area contributed by atoms with Crippen molar-refractivity contribution in [1.29, 1.82) is 0 Å². The molecule has 2 N–H and O–H groups in total. The van der Waals surface area contributed by atoms with Crippen molar-refractivity contribution in [3.8, 4) is 0 Å². The van der Waals surface area contributed by atoms with Crippen LogP contribution in [-0.2, 0) is 6.42 Å². The number of aromatic amines is 1. The SMILES string of the molecule is CC(O)c1ccccc1Cc1ccc2[nH]ccc2c1. The second-order valence-corrected chi connectivity index (χ2v) is 4.95. The molecule has 0 saturated heterocycles. The van der Waals surface area contributed by atoms with Gasteiger partial charge in [0.15, 0.2) is 0 Å². The number of benzene rings is 2. The summed E-state index contributed by atoms with van der Waals surface area (Å²) >= 11 is 0. The van der Waals surface area contributed by atoms with Crippen molar-refractivity contribution in [3.63, 3.8) is 0 Å². The Bertz CT molecular complexity index is 697. The Morgan fingerprint density at radius 1 is 1.11 bits per heavy atom. The van der Waals surface area contributed by atoms with E-state index in [4.69, 9.17) is 0 Å². The van der Waals surface area contributed by atoms with E-state index in [1.807, 2.05) is 31.3 Å². The molecular weight excluding hydrogens is 234 g/mol. The molecular formula is C17H17NO. The first-order chi connectivity index (χ1) is 9.24. The predicted octanol–water partition coefficient (Wildman–Crippen LogP) is 3.81. The number of aliphatic hydroxyl groups excluding tert-OH is 1. The number of aliphatic hydroxyl groups is 1. The smallest absolute Gasteiger partial charge is 0.0764 e. The zero-order chi connectivity index (χ0) is 13.2. The maximum absolute atomic E-state index is 9.82. The number of hydrogen-bond acceptors (Lipinski definition) is 1. The van der Waals surface area contributed by atoms with Crippen molar-refractivity contribution in [2.45, 2.75) is 19.4 Å². The molecule has 0 radical (unpaired) electrons. The molecule has 3 aromatic rings. The van der Waals surface area contributed by atoms with Gasteiger partial charge in [0.25, 0.3) is 0 Å². The van der Waals surface area contributed by atoms with Crippen LogP contribution in [0, 0.1) is 0 Å². The topological polar surface area (TPSA) is 36.0 Å². The van der Waals surface area contributed by atoms with E-state index in [-0.39, 0.29) is 0 Å². The lowest BCUT2D eigenvalue weighted by molar-refractivity contribution is 0.198. The maximum atomic E-state index is 9.82. The predicted molar refractivity (Wildman–Crippen MR) is 78.2 cm³/mol. The van der Waals surface area contributed by atoms with Crippen molar-refractivity contribution in [2.75, 3.05) is 0 Å². The first-order valence-corrected chi connectivity index (χ1v) is 6.56. The van der Waals surface area contributed by atoms with Gasteiger partial charge in [-0.1, -0.05) is 30.3 Å². The number of rotatable bonds is 3. The van der Waals surface area contributed by atoms with E-state index in [0.29, 0.717) is 0 Å². The normalized spacial score (nSPS) is 12.7. The van der Waals surface area contributed by atoms with Gasteiger partial charge in [-0.25, -0.2) is 0 Å². The fourth-order valence-electron chi connectivity index (χ4n) is 2.54. The summed E-state index contributed by atoms with van der Waals surface area (Å²) in [5, 5.41) is 11.0. The quantitative estimate of drug-likeness (QED) is 0.729. The number of fused-ring (bicyclic) bond motifs is 1. The second-order valence-electron chi connectivity index (χ2n) is 4.95. The number of aromatic nitrogens is 1. The van der Waals surface area contributed by atoms with Crippen LogP contribution in [0.4, 0.5) is 0 Å². The summed E-state index contributed by atoms with van der Waals surface area (Å²) in [6.07, 6.45) is 2.38. The molecule has 3 rings (SSSR count). The molecule has 2 aromatic carbocycles.